The van der Waals surface area contributed by atoms with Gasteiger partial charge in [0.2, 0.25) is 0 Å². The summed E-state index contributed by atoms with van der Waals surface area (Å²) in [5.41, 5.74) is 0. The maximum Gasteiger partial charge on any atom is 0.191 e. The minimum Gasteiger partial charge on any atom is -0.486 e. The van der Waals surface area contributed by atoms with Gasteiger partial charge in [-0.3, -0.25) is 0 Å². The molecular weight excluding hydrogens is 321 g/mol. The summed E-state index contributed by atoms with van der Waals surface area (Å²) in [5.74, 6) is 1.42. The van der Waals surface area contributed by atoms with E-state index in [-0.39, 0.29) is 17.7 Å². The number of halogens is 1. The Morgan fingerprint density at radius 1 is 1.32 bits per heavy atom. The van der Waals surface area contributed by atoms with Gasteiger partial charge in [-0.1, -0.05) is 18.2 Å². The highest BCUT2D eigenvalue weighted by atomic mass is 19.1. The lowest BCUT2D eigenvalue weighted by atomic mass is 10.3. The van der Waals surface area contributed by atoms with Crippen LogP contribution in [-0.4, -0.2) is 31.7 Å². The number of rotatable bonds is 9. The summed E-state index contributed by atoms with van der Waals surface area (Å²) in [6.45, 7) is 7.20. The van der Waals surface area contributed by atoms with Gasteiger partial charge in [-0.05, 0) is 31.2 Å². The summed E-state index contributed by atoms with van der Waals surface area (Å²) in [5, 5.41) is 6.37. The Balaban J connectivity index is 1.84. The van der Waals surface area contributed by atoms with Gasteiger partial charge in [0.1, 0.15) is 11.9 Å². The zero-order valence-electron chi connectivity index (χ0n) is 14.4. The number of nitrogens with zero attached hydrogens (tertiary/aromatic N) is 1. The SMILES string of the molecule is C=CCNC(=NCC(C)Oc1ccccc1F)NCCc1ccco1. The molecule has 1 atom stereocenters. The minimum atomic E-state index is -0.375. The monoisotopic (exact) mass is 345 g/mol. The standard InChI is InChI=1S/C19H24FN3O2/c1-3-11-21-19(22-12-10-16-7-6-13-24-16)23-14-15(2)25-18-9-5-4-8-17(18)20/h3-9,13,15H,1,10-12,14H2,2H3,(H2,21,22,23). The van der Waals surface area contributed by atoms with Gasteiger partial charge in [0.25, 0.3) is 0 Å². The fourth-order valence-electron chi connectivity index (χ4n) is 2.12. The van der Waals surface area contributed by atoms with Gasteiger partial charge in [0, 0.05) is 19.5 Å². The van der Waals surface area contributed by atoms with Crippen molar-refractivity contribution in [1.29, 1.82) is 0 Å². The molecule has 2 N–H and O–H groups in total. The predicted molar refractivity (Wildman–Crippen MR) is 97.4 cm³/mol. The largest absolute Gasteiger partial charge is 0.486 e. The molecule has 1 aromatic heterocycles. The smallest absolute Gasteiger partial charge is 0.191 e. The second kappa shape index (κ2) is 10.2. The number of ether oxygens (including phenoxy) is 1. The molecule has 0 fully saturated rings. The molecule has 0 saturated heterocycles. The number of hydrogen-bond acceptors (Lipinski definition) is 3. The Labute approximate surface area is 147 Å². The average molecular weight is 345 g/mol. The molecule has 1 heterocycles. The zero-order chi connectivity index (χ0) is 17.9. The second-order valence-corrected chi connectivity index (χ2v) is 5.47. The summed E-state index contributed by atoms with van der Waals surface area (Å²) in [6.07, 6.45) is 3.90. The quantitative estimate of drug-likeness (QED) is 0.416. The molecule has 0 aliphatic rings. The Bertz CT molecular complexity index is 671. The first-order chi connectivity index (χ1) is 12.2. The van der Waals surface area contributed by atoms with Crippen LogP contribution >= 0.6 is 0 Å². The molecule has 25 heavy (non-hydrogen) atoms. The van der Waals surface area contributed by atoms with Crippen LogP contribution in [0, 0.1) is 5.82 Å². The number of nitrogens with one attached hydrogen (secondary N) is 2. The van der Waals surface area contributed by atoms with Crippen molar-refractivity contribution in [2.75, 3.05) is 19.6 Å². The third-order valence-corrected chi connectivity index (χ3v) is 3.33. The van der Waals surface area contributed by atoms with Crippen LogP contribution in [0.15, 0.2) is 64.7 Å². The molecule has 1 aromatic carbocycles. The third-order valence-electron chi connectivity index (χ3n) is 3.33. The number of furan rings is 1. The fourth-order valence-corrected chi connectivity index (χ4v) is 2.12. The fraction of sp³-hybridized carbons (Fsp3) is 0.316. The summed E-state index contributed by atoms with van der Waals surface area (Å²) < 4.78 is 24.5. The number of benzene rings is 1. The Morgan fingerprint density at radius 2 is 2.16 bits per heavy atom. The molecule has 5 nitrogen and oxygen atoms in total. The van der Waals surface area contributed by atoms with Crippen molar-refractivity contribution in [3.63, 3.8) is 0 Å². The van der Waals surface area contributed by atoms with Gasteiger partial charge in [-0.15, -0.1) is 6.58 Å². The van der Waals surface area contributed by atoms with Crippen molar-refractivity contribution < 1.29 is 13.5 Å². The topological polar surface area (TPSA) is 58.8 Å². The van der Waals surface area contributed by atoms with Crippen molar-refractivity contribution in [2.24, 2.45) is 4.99 Å². The van der Waals surface area contributed by atoms with Crippen LogP contribution in [0.4, 0.5) is 4.39 Å². The normalized spacial score (nSPS) is 12.5. The Kier molecular flexibility index (Phi) is 7.56. The average Bonchev–Trinajstić information content (AvgIpc) is 3.12. The lowest BCUT2D eigenvalue weighted by Gasteiger charge is -2.15. The number of hydrogen-bond donors (Lipinski definition) is 2. The summed E-state index contributed by atoms with van der Waals surface area (Å²) in [7, 11) is 0. The highest BCUT2D eigenvalue weighted by Gasteiger charge is 2.08. The van der Waals surface area contributed by atoms with Gasteiger partial charge in [0.05, 0.1) is 12.8 Å². The molecule has 0 aliphatic heterocycles. The van der Waals surface area contributed by atoms with Crippen LogP contribution in [0.25, 0.3) is 0 Å². The molecule has 6 heteroatoms. The van der Waals surface area contributed by atoms with Gasteiger partial charge < -0.3 is 19.8 Å². The van der Waals surface area contributed by atoms with Crippen LogP contribution in [-0.2, 0) is 6.42 Å². The highest BCUT2D eigenvalue weighted by molar-refractivity contribution is 5.79. The first-order valence-electron chi connectivity index (χ1n) is 8.25. The van der Waals surface area contributed by atoms with E-state index in [4.69, 9.17) is 9.15 Å². The van der Waals surface area contributed by atoms with Crippen molar-refractivity contribution in [1.82, 2.24) is 10.6 Å². The maximum atomic E-state index is 13.6. The van der Waals surface area contributed by atoms with E-state index >= 15 is 0 Å². The van der Waals surface area contributed by atoms with E-state index in [1.54, 1.807) is 30.5 Å². The molecule has 0 spiro atoms. The van der Waals surface area contributed by atoms with E-state index in [9.17, 15) is 4.39 Å². The van der Waals surface area contributed by atoms with E-state index in [0.717, 1.165) is 12.2 Å². The minimum absolute atomic E-state index is 0.233. The molecule has 0 bridgehead atoms. The molecule has 2 rings (SSSR count). The van der Waals surface area contributed by atoms with Crippen molar-refractivity contribution >= 4 is 5.96 Å². The van der Waals surface area contributed by atoms with Crippen LogP contribution < -0.4 is 15.4 Å². The van der Waals surface area contributed by atoms with E-state index in [1.165, 1.54) is 6.07 Å². The van der Waals surface area contributed by atoms with Gasteiger partial charge in [0.15, 0.2) is 17.5 Å². The van der Waals surface area contributed by atoms with Gasteiger partial charge >= 0.3 is 0 Å². The van der Waals surface area contributed by atoms with Crippen molar-refractivity contribution in [3.05, 3.63) is 66.9 Å². The Morgan fingerprint density at radius 3 is 2.88 bits per heavy atom. The van der Waals surface area contributed by atoms with E-state index in [1.807, 2.05) is 19.1 Å². The molecule has 0 aliphatic carbocycles. The van der Waals surface area contributed by atoms with E-state index < -0.39 is 0 Å². The van der Waals surface area contributed by atoms with Crippen LogP contribution in [0.3, 0.4) is 0 Å². The predicted octanol–water partition coefficient (Wildman–Crippen LogP) is 3.15. The third kappa shape index (κ3) is 6.71. The van der Waals surface area contributed by atoms with Crippen molar-refractivity contribution in [2.45, 2.75) is 19.4 Å². The van der Waals surface area contributed by atoms with Crippen LogP contribution in [0.1, 0.15) is 12.7 Å². The number of aliphatic imine (C=N–C) groups is 1. The van der Waals surface area contributed by atoms with Crippen LogP contribution in [0.5, 0.6) is 5.75 Å². The molecule has 2 aromatic rings. The molecule has 134 valence electrons. The molecule has 0 amide bonds. The van der Waals surface area contributed by atoms with Crippen LogP contribution in [0.2, 0.25) is 0 Å². The Hall–Kier alpha value is -2.76. The number of guanidine groups is 1. The lowest BCUT2D eigenvalue weighted by molar-refractivity contribution is 0.220. The van der Waals surface area contributed by atoms with Crippen molar-refractivity contribution in [3.8, 4) is 5.75 Å². The molecular formula is C19H24FN3O2. The zero-order valence-corrected chi connectivity index (χ0v) is 14.4. The summed E-state index contributed by atoms with van der Waals surface area (Å²) in [4.78, 5) is 4.47. The summed E-state index contributed by atoms with van der Waals surface area (Å²) in [6, 6.07) is 10.1. The molecule has 1 unspecified atom stereocenters. The van der Waals surface area contributed by atoms with E-state index in [0.29, 0.717) is 25.6 Å². The van der Waals surface area contributed by atoms with Gasteiger partial charge in [-0.2, -0.15) is 0 Å². The van der Waals surface area contributed by atoms with Gasteiger partial charge in [-0.25, -0.2) is 9.38 Å². The van der Waals surface area contributed by atoms with E-state index in [2.05, 4.69) is 22.2 Å². The maximum absolute atomic E-state index is 13.6. The first kappa shape index (κ1) is 18.6. The second-order valence-electron chi connectivity index (χ2n) is 5.47. The first-order valence-corrected chi connectivity index (χ1v) is 8.25. The lowest BCUT2D eigenvalue weighted by Crippen LogP contribution is -2.39. The highest BCUT2D eigenvalue weighted by Crippen LogP contribution is 2.16. The molecule has 0 saturated carbocycles. The molecule has 0 radical (unpaired) electrons. The number of para-hydroxylation sites is 1. The summed E-state index contributed by atoms with van der Waals surface area (Å²) >= 11 is 0.